The van der Waals surface area contributed by atoms with E-state index < -0.39 is 23.4 Å². The maximum absolute atomic E-state index is 13.0. The Morgan fingerprint density at radius 1 is 1.05 bits per heavy atom. The van der Waals surface area contributed by atoms with E-state index in [0.29, 0.717) is 31.6 Å². The topological polar surface area (TPSA) is 40.6 Å². The summed E-state index contributed by atoms with van der Waals surface area (Å²) in [5.41, 5.74) is -0.240. The third-order valence-electron chi connectivity index (χ3n) is 2.98. The number of carbonyl (C=O) groups is 2. The lowest BCUT2D eigenvalue weighted by Crippen LogP contribution is -2.48. The van der Waals surface area contributed by atoms with Crippen LogP contribution in [-0.2, 0) is 4.79 Å². The molecule has 0 radical (unpaired) electrons. The van der Waals surface area contributed by atoms with Crippen molar-refractivity contribution < 1.29 is 22.8 Å². The first-order valence-corrected chi connectivity index (χ1v) is 5.66. The molecule has 1 saturated heterocycles. The van der Waals surface area contributed by atoms with Crippen LogP contribution in [0.15, 0.2) is 12.1 Å². The van der Waals surface area contributed by atoms with Gasteiger partial charge in [-0.15, -0.1) is 0 Å². The van der Waals surface area contributed by atoms with E-state index >= 15 is 0 Å². The molecular formula is C12H11F3N2O2. The van der Waals surface area contributed by atoms with Gasteiger partial charge in [-0.2, -0.15) is 0 Å². The van der Waals surface area contributed by atoms with E-state index in [2.05, 4.69) is 0 Å². The van der Waals surface area contributed by atoms with Gasteiger partial charge in [-0.05, 0) is 12.1 Å². The van der Waals surface area contributed by atoms with Gasteiger partial charge in [0, 0.05) is 31.7 Å². The average molecular weight is 272 g/mol. The molecule has 0 saturated carbocycles. The fourth-order valence-electron chi connectivity index (χ4n) is 1.89. The van der Waals surface area contributed by atoms with Gasteiger partial charge in [0.2, 0.25) is 6.41 Å². The van der Waals surface area contributed by atoms with Crippen LogP contribution in [0.4, 0.5) is 13.2 Å². The van der Waals surface area contributed by atoms with Gasteiger partial charge in [0.1, 0.15) is 0 Å². The van der Waals surface area contributed by atoms with Crippen LogP contribution in [-0.4, -0.2) is 48.3 Å². The number of amides is 2. The number of rotatable bonds is 2. The van der Waals surface area contributed by atoms with Crippen LogP contribution >= 0.6 is 0 Å². The van der Waals surface area contributed by atoms with E-state index in [9.17, 15) is 22.8 Å². The molecule has 0 spiro atoms. The van der Waals surface area contributed by atoms with Gasteiger partial charge in [-0.25, -0.2) is 13.2 Å². The molecule has 1 aromatic carbocycles. The minimum Gasteiger partial charge on any atom is -0.342 e. The predicted molar refractivity (Wildman–Crippen MR) is 59.9 cm³/mol. The molecule has 2 rings (SSSR count). The van der Waals surface area contributed by atoms with Gasteiger partial charge >= 0.3 is 0 Å². The highest BCUT2D eigenvalue weighted by Gasteiger charge is 2.23. The van der Waals surface area contributed by atoms with Gasteiger partial charge in [0.15, 0.2) is 17.5 Å². The highest BCUT2D eigenvalue weighted by molar-refractivity contribution is 5.94. The summed E-state index contributed by atoms with van der Waals surface area (Å²) < 4.78 is 38.9. The standard InChI is InChI=1S/C12H11F3N2O2/c13-9-5-8(6-10(14)11(9)15)12(19)17-3-1-16(7-18)2-4-17/h5-7H,1-4H2. The fourth-order valence-corrected chi connectivity index (χ4v) is 1.89. The number of hydrogen-bond donors (Lipinski definition) is 0. The first-order chi connectivity index (χ1) is 9.02. The molecule has 102 valence electrons. The molecule has 1 fully saturated rings. The average Bonchev–Trinajstić information content (AvgIpc) is 2.43. The van der Waals surface area contributed by atoms with E-state index in [4.69, 9.17) is 0 Å². The zero-order valence-corrected chi connectivity index (χ0v) is 9.91. The molecule has 1 aliphatic rings. The molecule has 1 heterocycles. The summed E-state index contributed by atoms with van der Waals surface area (Å²) in [6.07, 6.45) is 0.680. The molecule has 0 aliphatic carbocycles. The van der Waals surface area contributed by atoms with Crippen molar-refractivity contribution >= 4 is 12.3 Å². The molecule has 1 aromatic rings. The molecule has 0 aromatic heterocycles. The highest BCUT2D eigenvalue weighted by atomic mass is 19.2. The Labute approximate surface area is 107 Å². The van der Waals surface area contributed by atoms with Crippen molar-refractivity contribution in [1.82, 2.24) is 9.80 Å². The second kappa shape index (κ2) is 5.29. The quantitative estimate of drug-likeness (QED) is 0.595. The lowest BCUT2D eigenvalue weighted by Gasteiger charge is -2.32. The lowest BCUT2D eigenvalue weighted by atomic mass is 10.1. The van der Waals surface area contributed by atoms with Crippen LogP contribution < -0.4 is 0 Å². The molecule has 0 N–H and O–H groups in total. The van der Waals surface area contributed by atoms with Gasteiger partial charge in [0.05, 0.1) is 0 Å². The van der Waals surface area contributed by atoms with Gasteiger partial charge in [0.25, 0.3) is 5.91 Å². The number of halogens is 3. The predicted octanol–water partition coefficient (Wildman–Crippen LogP) is 1.02. The molecular weight excluding hydrogens is 261 g/mol. The van der Waals surface area contributed by atoms with E-state index in [1.165, 1.54) is 9.80 Å². The van der Waals surface area contributed by atoms with E-state index in [0.717, 1.165) is 0 Å². The molecule has 1 aliphatic heterocycles. The molecule has 19 heavy (non-hydrogen) atoms. The summed E-state index contributed by atoms with van der Waals surface area (Å²) in [4.78, 5) is 25.4. The first kappa shape index (κ1) is 13.4. The van der Waals surface area contributed by atoms with Crippen LogP contribution in [0.3, 0.4) is 0 Å². The summed E-state index contributed by atoms with van der Waals surface area (Å²) in [5.74, 6) is -4.96. The van der Waals surface area contributed by atoms with Crippen molar-refractivity contribution in [3.63, 3.8) is 0 Å². The number of hydrogen-bond acceptors (Lipinski definition) is 2. The minimum atomic E-state index is -1.60. The van der Waals surface area contributed by atoms with Gasteiger partial charge in [-0.3, -0.25) is 9.59 Å². The molecule has 0 unspecified atom stereocenters. The van der Waals surface area contributed by atoms with Gasteiger partial charge in [-0.1, -0.05) is 0 Å². The normalized spacial score (nSPS) is 15.5. The molecule has 0 atom stereocenters. The first-order valence-electron chi connectivity index (χ1n) is 5.66. The smallest absolute Gasteiger partial charge is 0.254 e. The highest BCUT2D eigenvalue weighted by Crippen LogP contribution is 2.16. The van der Waals surface area contributed by atoms with Crippen LogP contribution in [0.1, 0.15) is 10.4 Å². The summed E-state index contributed by atoms with van der Waals surface area (Å²) >= 11 is 0. The zero-order chi connectivity index (χ0) is 14.0. The van der Waals surface area contributed by atoms with Crippen molar-refractivity contribution in [2.75, 3.05) is 26.2 Å². The van der Waals surface area contributed by atoms with Crippen LogP contribution in [0.25, 0.3) is 0 Å². The van der Waals surface area contributed by atoms with Crippen molar-refractivity contribution in [1.29, 1.82) is 0 Å². The Hall–Kier alpha value is -2.05. The summed E-state index contributed by atoms with van der Waals surface area (Å²) in [7, 11) is 0. The SMILES string of the molecule is O=CN1CCN(C(=O)c2cc(F)c(F)c(F)c2)CC1. The van der Waals surface area contributed by atoms with E-state index in [-0.39, 0.29) is 18.7 Å². The molecule has 7 heteroatoms. The van der Waals surface area contributed by atoms with E-state index in [1.807, 2.05) is 0 Å². The number of piperazine rings is 1. The number of benzene rings is 1. The zero-order valence-electron chi connectivity index (χ0n) is 9.91. The Kier molecular flexibility index (Phi) is 3.73. The maximum atomic E-state index is 13.0. The Balaban J connectivity index is 2.14. The molecule has 4 nitrogen and oxygen atoms in total. The van der Waals surface area contributed by atoms with Crippen molar-refractivity contribution in [3.8, 4) is 0 Å². The summed E-state index contributed by atoms with van der Waals surface area (Å²) in [6.45, 7) is 1.28. The Morgan fingerprint density at radius 2 is 1.58 bits per heavy atom. The van der Waals surface area contributed by atoms with Crippen molar-refractivity contribution in [2.24, 2.45) is 0 Å². The maximum Gasteiger partial charge on any atom is 0.254 e. The van der Waals surface area contributed by atoms with E-state index in [1.54, 1.807) is 0 Å². The van der Waals surface area contributed by atoms with Crippen LogP contribution in [0.2, 0.25) is 0 Å². The lowest BCUT2D eigenvalue weighted by molar-refractivity contribution is -0.119. The largest absolute Gasteiger partial charge is 0.342 e. The molecule has 2 amide bonds. The summed E-state index contributed by atoms with van der Waals surface area (Å²) in [6, 6.07) is 1.35. The molecule has 0 bridgehead atoms. The van der Waals surface area contributed by atoms with Crippen LogP contribution in [0, 0.1) is 17.5 Å². The Bertz CT molecular complexity index is 491. The monoisotopic (exact) mass is 272 g/mol. The minimum absolute atomic E-state index is 0.240. The van der Waals surface area contributed by atoms with Crippen molar-refractivity contribution in [2.45, 2.75) is 0 Å². The van der Waals surface area contributed by atoms with Crippen LogP contribution in [0.5, 0.6) is 0 Å². The second-order valence-corrected chi connectivity index (χ2v) is 4.19. The summed E-state index contributed by atoms with van der Waals surface area (Å²) in [5, 5.41) is 0. The fraction of sp³-hybridized carbons (Fsp3) is 0.333. The second-order valence-electron chi connectivity index (χ2n) is 4.19. The number of carbonyl (C=O) groups excluding carboxylic acids is 2. The van der Waals surface area contributed by atoms with Gasteiger partial charge < -0.3 is 9.80 Å². The van der Waals surface area contributed by atoms with Crippen molar-refractivity contribution in [3.05, 3.63) is 35.1 Å². The third kappa shape index (κ3) is 2.69. The third-order valence-corrected chi connectivity index (χ3v) is 2.98. The Morgan fingerprint density at radius 3 is 2.05 bits per heavy atom. The number of nitrogens with zero attached hydrogens (tertiary/aromatic N) is 2.